The molecule has 1 aromatic carbocycles. The van der Waals surface area contributed by atoms with E-state index in [-0.39, 0.29) is 0 Å². The lowest BCUT2D eigenvalue weighted by molar-refractivity contribution is 0.456. The van der Waals surface area contributed by atoms with Crippen LogP contribution in [-0.2, 0) is 0 Å². The number of halogens is 1. The van der Waals surface area contributed by atoms with Crippen LogP contribution in [0.5, 0.6) is 5.75 Å². The maximum absolute atomic E-state index is 9.86. The number of nitrogens with two attached hydrogens (primary N) is 1. The van der Waals surface area contributed by atoms with E-state index in [0.29, 0.717) is 18.2 Å². The van der Waals surface area contributed by atoms with Gasteiger partial charge in [-0.05, 0) is 49.1 Å². The largest absolute Gasteiger partial charge is 0.507 e. The van der Waals surface area contributed by atoms with E-state index in [2.05, 4.69) is 22.9 Å². The van der Waals surface area contributed by atoms with Gasteiger partial charge in [0.05, 0.1) is 0 Å². The van der Waals surface area contributed by atoms with Crippen LogP contribution in [0.15, 0.2) is 16.6 Å². The first-order chi connectivity index (χ1) is 6.56. The molecule has 0 fully saturated rings. The fraction of sp³-hybridized carbons (Fsp3) is 0.455. The molecule has 2 nitrogen and oxygen atoms in total. The van der Waals surface area contributed by atoms with Crippen LogP contribution in [0.25, 0.3) is 0 Å². The first-order valence-corrected chi connectivity index (χ1v) is 5.54. The van der Waals surface area contributed by atoms with Crippen LogP contribution in [0, 0.1) is 6.92 Å². The van der Waals surface area contributed by atoms with E-state index in [4.69, 9.17) is 5.73 Å². The number of aromatic hydroxyl groups is 1. The van der Waals surface area contributed by atoms with Crippen LogP contribution < -0.4 is 5.73 Å². The quantitative estimate of drug-likeness (QED) is 0.875. The second-order valence-electron chi connectivity index (χ2n) is 3.64. The Morgan fingerprint density at radius 2 is 2.14 bits per heavy atom. The molecule has 0 spiro atoms. The summed E-state index contributed by atoms with van der Waals surface area (Å²) in [7, 11) is 0. The third kappa shape index (κ3) is 2.49. The van der Waals surface area contributed by atoms with E-state index in [1.165, 1.54) is 0 Å². The van der Waals surface area contributed by atoms with Gasteiger partial charge < -0.3 is 10.8 Å². The molecule has 0 aliphatic rings. The molecule has 78 valence electrons. The monoisotopic (exact) mass is 257 g/mol. The number of aryl methyl sites for hydroxylation is 1. The highest BCUT2D eigenvalue weighted by Gasteiger charge is 2.12. The topological polar surface area (TPSA) is 46.2 Å². The van der Waals surface area contributed by atoms with Gasteiger partial charge in [-0.25, -0.2) is 0 Å². The Balaban J connectivity index is 3.07. The first-order valence-electron chi connectivity index (χ1n) is 4.75. The lowest BCUT2D eigenvalue weighted by Crippen LogP contribution is -2.05. The van der Waals surface area contributed by atoms with Crippen LogP contribution in [0.2, 0.25) is 0 Å². The average Bonchev–Trinajstić information content (AvgIpc) is 2.11. The van der Waals surface area contributed by atoms with Gasteiger partial charge in [0.15, 0.2) is 0 Å². The molecular weight excluding hydrogens is 242 g/mol. The third-order valence-corrected chi connectivity index (χ3v) is 2.88. The normalized spacial score (nSPS) is 12.9. The zero-order valence-corrected chi connectivity index (χ0v) is 10.1. The number of hydrogen-bond acceptors (Lipinski definition) is 2. The van der Waals surface area contributed by atoms with Gasteiger partial charge in [0.25, 0.3) is 0 Å². The van der Waals surface area contributed by atoms with Crippen LogP contribution in [-0.4, -0.2) is 11.7 Å². The van der Waals surface area contributed by atoms with Gasteiger partial charge in [-0.2, -0.15) is 0 Å². The maximum Gasteiger partial charge on any atom is 0.122 e. The molecule has 1 rings (SSSR count). The highest BCUT2D eigenvalue weighted by molar-refractivity contribution is 9.10. The van der Waals surface area contributed by atoms with E-state index in [9.17, 15) is 5.11 Å². The molecule has 0 saturated carbocycles. The van der Waals surface area contributed by atoms with Crippen LogP contribution in [0.4, 0.5) is 0 Å². The molecule has 0 heterocycles. The zero-order chi connectivity index (χ0) is 10.7. The number of phenolic OH excluding ortho intramolecular Hbond substituents is 1. The number of hydrogen-bond donors (Lipinski definition) is 2. The lowest BCUT2D eigenvalue weighted by Gasteiger charge is -2.14. The Morgan fingerprint density at radius 1 is 1.50 bits per heavy atom. The van der Waals surface area contributed by atoms with Gasteiger partial charge in [-0.1, -0.05) is 22.9 Å². The predicted molar refractivity (Wildman–Crippen MR) is 62.6 cm³/mol. The van der Waals surface area contributed by atoms with Crippen LogP contribution in [0.1, 0.15) is 30.4 Å². The van der Waals surface area contributed by atoms with Gasteiger partial charge in [0.2, 0.25) is 0 Å². The number of phenols is 1. The van der Waals surface area contributed by atoms with E-state index in [0.717, 1.165) is 22.0 Å². The summed E-state index contributed by atoms with van der Waals surface area (Å²) >= 11 is 3.42. The van der Waals surface area contributed by atoms with Crippen molar-refractivity contribution in [3.8, 4) is 5.75 Å². The van der Waals surface area contributed by atoms with Crippen molar-refractivity contribution >= 4 is 15.9 Å². The lowest BCUT2D eigenvalue weighted by atomic mass is 9.95. The molecule has 0 aliphatic carbocycles. The molecule has 0 radical (unpaired) electrons. The van der Waals surface area contributed by atoms with E-state index >= 15 is 0 Å². The molecule has 0 aliphatic heterocycles. The van der Waals surface area contributed by atoms with Gasteiger partial charge in [0.1, 0.15) is 5.75 Å². The van der Waals surface area contributed by atoms with Crippen molar-refractivity contribution < 1.29 is 5.11 Å². The minimum Gasteiger partial charge on any atom is -0.507 e. The minimum atomic E-state index is 0.302. The Kier molecular flexibility index (Phi) is 3.96. The molecule has 0 aromatic heterocycles. The van der Waals surface area contributed by atoms with Crippen molar-refractivity contribution in [2.45, 2.75) is 26.2 Å². The van der Waals surface area contributed by atoms with E-state index in [1.54, 1.807) is 0 Å². The molecular formula is C11H16BrNO. The average molecular weight is 258 g/mol. The molecule has 1 unspecified atom stereocenters. The molecule has 0 bridgehead atoms. The van der Waals surface area contributed by atoms with Crippen molar-refractivity contribution in [1.29, 1.82) is 0 Å². The van der Waals surface area contributed by atoms with Crippen LogP contribution >= 0.6 is 15.9 Å². The summed E-state index contributed by atoms with van der Waals surface area (Å²) < 4.78 is 1.01. The SMILES string of the molecule is Cc1cc(Br)cc(C(C)CCN)c1O. The van der Waals surface area contributed by atoms with Crippen molar-refractivity contribution in [2.24, 2.45) is 5.73 Å². The second kappa shape index (κ2) is 4.80. The number of benzene rings is 1. The molecule has 1 atom stereocenters. The first kappa shape index (κ1) is 11.5. The smallest absolute Gasteiger partial charge is 0.122 e. The Morgan fingerprint density at radius 3 is 2.71 bits per heavy atom. The summed E-state index contributed by atoms with van der Waals surface area (Å²) in [6.07, 6.45) is 0.892. The Hall–Kier alpha value is -0.540. The summed E-state index contributed by atoms with van der Waals surface area (Å²) in [5.41, 5.74) is 7.38. The summed E-state index contributed by atoms with van der Waals surface area (Å²) in [4.78, 5) is 0. The molecule has 1 aromatic rings. The third-order valence-electron chi connectivity index (χ3n) is 2.43. The standard InChI is InChI=1S/C11H16BrNO/c1-7(3-4-13)10-6-9(12)5-8(2)11(10)14/h5-7,14H,3-4,13H2,1-2H3. The second-order valence-corrected chi connectivity index (χ2v) is 4.55. The predicted octanol–water partition coefficient (Wildman–Crippen LogP) is 2.92. The highest BCUT2D eigenvalue weighted by Crippen LogP contribution is 2.33. The minimum absolute atomic E-state index is 0.302. The molecule has 0 amide bonds. The molecule has 3 N–H and O–H groups in total. The van der Waals surface area contributed by atoms with Crippen molar-refractivity contribution in [3.63, 3.8) is 0 Å². The summed E-state index contributed by atoms with van der Waals surface area (Å²) in [5.74, 6) is 0.699. The van der Waals surface area contributed by atoms with Crippen molar-refractivity contribution in [2.75, 3.05) is 6.54 Å². The molecule has 0 saturated heterocycles. The molecule has 3 heteroatoms. The van der Waals surface area contributed by atoms with Gasteiger partial charge in [-0.3, -0.25) is 0 Å². The molecule has 14 heavy (non-hydrogen) atoms. The van der Waals surface area contributed by atoms with E-state index in [1.807, 2.05) is 19.1 Å². The van der Waals surface area contributed by atoms with Gasteiger partial charge in [-0.15, -0.1) is 0 Å². The highest BCUT2D eigenvalue weighted by atomic mass is 79.9. The van der Waals surface area contributed by atoms with E-state index < -0.39 is 0 Å². The Bertz CT molecular complexity index is 325. The summed E-state index contributed by atoms with van der Waals surface area (Å²) in [6.45, 7) is 4.62. The van der Waals surface area contributed by atoms with Crippen molar-refractivity contribution in [3.05, 3.63) is 27.7 Å². The van der Waals surface area contributed by atoms with Gasteiger partial charge in [0, 0.05) is 4.47 Å². The fourth-order valence-corrected chi connectivity index (χ4v) is 2.13. The van der Waals surface area contributed by atoms with Crippen molar-refractivity contribution in [1.82, 2.24) is 0 Å². The summed E-state index contributed by atoms with van der Waals surface area (Å²) in [5, 5.41) is 9.86. The fourth-order valence-electron chi connectivity index (χ4n) is 1.54. The zero-order valence-electron chi connectivity index (χ0n) is 8.55. The van der Waals surface area contributed by atoms with Crippen LogP contribution in [0.3, 0.4) is 0 Å². The van der Waals surface area contributed by atoms with Gasteiger partial charge >= 0.3 is 0 Å². The Labute approximate surface area is 93.3 Å². The number of rotatable bonds is 3. The summed E-state index contributed by atoms with van der Waals surface area (Å²) in [6, 6.07) is 3.87. The maximum atomic E-state index is 9.86.